The number of benzene rings is 2. The topological polar surface area (TPSA) is 92.4 Å². The molecule has 0 atom stereocenters. The van der Waals surface area contributed by atoms with Crippen molar-refractivity contribution in [3.8, 4) is 0 Å². The molecule has 1 amide bonds. The molecule has 0 unspecified atom stereocenters. The van der Waals surface area contributed by atoms with E-state index in [1.54, 1.807) is 24.3 Å². The second-order valence-corrected chi connectivity index (χ2v) is 4.88. The molecule has 0 aliphatic heterocycles. The second-order valence-electron chi connectivity index (χ2n) is 4.47. The van der Waals surface area contributed by atoms with E-state index < -0.39 is 5.97 Å². The number of aromatic carboxylic acids is 1. The minimum atomic E-state index is -1.11. The fraction of sp³-hybridized carbons (Fsp3) is 0.0667. The monoisotopic (exact) mass is 304 g/mol. The van der Waals surface area contributed by atoms with Gasteiger partial charge in [0, 0.05) is 11.4 Å². The van der Waals surface area contributed by atoms with Gasteiger partial charge in [0.15, 0.2) is 0 Å². The summed E-state index contributed by atoms with van der Waals surface area (Å²) in [6.45, 7) is 0. The zero-order valence-corrected chi connectivity index (χ0v) is 11.7. The standard InChI is InChI=1S/C15H13ClN2O3/c16-13-8-11(4-5-12(13)15(20)21)18-14(19)7-9-2-1-3-10(17)6-9/h1-6,8H,7,17H2,(H,18,19)(H,20,21). The molecular formula is C15H13ClN2O3. The minimum absolute atomic E-state index is 0.00880. The van der Waals surface area contributed by atoms with Crippen molar-refractivity contribution >= 4 is 34.9 Å². The number of hydrogen-bond donors (Lipinski definition) is 3. The number of carbonyl (C=O) groups is 2. The van der Waals surface area contributed by atoms with Crippen LogP contribution in [-0.2, 0) is 11.2 Å². The normalized spacial score (nSPS) is 10.1. The van der Waals surface area contributed by atoms with E-state index in [1.807, 2.05) is 0 Å². The van der Waals surface area contributed by atoms with Crippen molar-refractivity contribution < 1.29 is 14.7 Å². The molecule has 0 aliphatic carbocycles. The maximum atomic E-state index is 11.9. The number of nitrogen functional groups attached to an aromatic ring is 1. The summed E-state index contributed by atoms with van der Waals surface area (Å²) < 4.78 is 0. The number of nitrogens with two attached hydrogens (primary N) is 1. The highest BCUT2D eigenvalue weighted by molar-refractivity contribution is 6.33. The Hall–Kier alpha value is -2.53. The first-order valence-corrected chi connectivity index (χ1v) is 6.50. The SMILES string of the molecule is Nc1cccc(CC(=O)Nc2ccc(C(=O)O)c(Cl)c2)c1. The van der Waals surface area contributed by atoms with Crippen molar-refractivity contribution in [2.75, 3.05) is 11.1 Å². The van der Waals surface area contributed by atoms with Crippen molar-refractivity contribution in [2.45, 2.75) is 6.42 Å². The highest BCUT2D eigenvalue weighted by atomic mass is 35.5. The van der Waals surface area contributed by atoms with Crippen LogP contribution in [0.2, 0.25) is 5.02 Å². The van der Waals surface area contributed by atoms with Crippen LogP contribution >= 0.6 is 11.6 Å². The molecule has 108 valence electrons. The van der Waals surface area contributed by atoms with Crippen LogP contribution in [0, 0.1) is 0 Å². The highest BCUT2D eigenvalue weighted by Gasteiger charge is 2.10. The van der Waals surface area contributed by atoms with Crippen molar-refractivity contribution in [3.63, 3.8) is 0 Å². The van der Waals surface area contributed by atoms with Gasteiger partial charge in [-0.25, -0.2) is 4.79 Å². The van der Waals surface area contributed by atoms with Crippen LogP contribution in [-0.4, -0.2) is 17.0 Å². The fourth-order valence-electron chi connectivity index (χ4n) is 1.86. The number of halogens is 1. The van der Waals surface area contributed by atoms with Gasteiger partial charge in [0.05, 0.1) is 17.0 Å². The van der Waals surface area contributed by atoms with E-state index in [2.05, 4.69) is 5.32 Å². The molecule has 0 bridgehead atoms. The average molecular weight is 305 g/mol. The largest absolute Gasteiger partial charge is 0.478 e. The van der Waals surface area contributed by atoms with E-state index >= 15 is 0 Å². The van der Waals surface area contributed by atoms with Crippen molar-refractivity contribution in [1.82, 2.24) is 0 Å². The van der Waals surface area contributed by atoms with Crippen molar-refractivity contribution in [3.05, 3.63) is 58.6 Å². The molecule has 6 heteroatoms. The van der Waals surface area contributed by atoms with Gasteiger partial charge in [0.25, 0.3) is 0 Å². The lowest BCUT2D eigenvalue weighted by Crippen LogP contribution is -2.14. The Morgan fingerprint density at radius 2 is 1.95 bits per heavy atom. The van der Waals surface area contributed by atoms with Gasteiger partial charge in [0.2, 0.25) is 5.91 Å². The number of anilines is 2. The predicted molar refractivity (Wildman–Crippen MR) is 81.6 cm³/mol. The van der Waals surface area contributed by atoms with Gasteiger partial charge in [-0.1, -0.05) is 23.7 Å². The number of carboxylic acid groups (broad SMARTS) is 1. The summed E-state index contributed by atoms with van der Waals surface area (Å²) in [6, 6.07) is 11.3. The van der Waals surface area contributed by atoms with E-state index in [9.17, 15) is 9.59 Å². The Balaban J connectivity index is 2.06. The molecule has 0 saturated heterocycles. The van der Waals surface area contributed by atoms with Gasteiger partial charge in [-0.3, -0.25) is 4.79 Å². The zero-order chi connectivity index (χ0) is 15.4. The van der Waals surface area contributed by atoms with E-state index in [1.165, 1.54) is 18.2 Å². The Labute approximate surface area is 126 Å². The molecule has 4 N–H and O–H groups in total. The van der Waals surface area contributed by atoms with E-state index in [0.717, 1.165) is 5.56 Å². The molecule has 0 radical (unpaired) electrons. The van der Waals surface area contributed by atoms with Crippen molar-refractivity contribution in [2.24, 2.45) is 0 Å². The molecule has 21 heavy (non-hydrogen) atoms. The lowest BCUT2D eigenvalue weighted by Gasteiger charge is -2.07. The van der Waals surface area contributed by atoms with E-state index in [4.69, 9.17) is 22.4 Å². The summed E-state index contributed by atoms with van der Waals surface area (Å²) in [7, 11) is 0. The quantitative estimate of drug-likeness (QED) is 0.757. The molecule has 2 aromatic rings. The number of carbonyl (C=O) groups excluding carboxylic acids is 1. The summed E-state index contributed by atoms with van der Waals surface area (Å²) in [6.07, 6.45) is 0.170. The third kappa shape index (κ3) is 3.97. The van der Waals surface area contributed by atoms with Crippen LogP contribution in [0.3, 0.4) is 0 Å². The molecule has 0 fully saturated rings. The molecule has 2 aromatic carbocycles. The Morgan fingerprint density at radius 3 is 2.57 bits per heavy atom. The lowest BCUT2D eigenvalue weighted by atomic mass is 10.1. The molecule has 0 aromatic heterocycles. The summed E-state index contributed by atoms with van der Waals surface area (Å²) in [5.41, 5.74) is 7.47. The number of amides is 1. The average Bonchev–Trinajstić information content (AvgIpc) is 2.38. The molecule has 2 rings (SSSR count). The predicted octanol–water partition coefficient (Wildman–Crippen LogP) is 2.80. The Kier molecular flexibility index (Phi) is 4.45. The number of hydrogen-bond acceptors (Lipinski definition) is 3. The first-order chi connectivity index (χ1) is 9.95. The first kappa shape index (κ1) is 14.9. The fourth-order valence-corrected chi connectivity index (χ4v) is 2.12. The smallest absolute Gasteiger partial charge is 0.337 e. The molecule has 0 saturated carbocycles. The lowest BCUT2D eigenvalue weighted by molar-refractivity contribution is -0.115. The van der Waals surface area contributed by atoms with Gasteiger partial charge in [-0.15, -0.1) is 0 Å². The maximum Gasteiger partial charge on any atom is 0.337 e. The van der Waals surface area contributed by atoms with Gasteiger partial charge < -0.3 is 16.2 Å². The summed E-state index contributed by atoms with van der Waals surface area (Å²) >= 11 is 5.84. The third-order valence-corrected chi connectivity index (χ3v) is 3.11. The molecular weight excluding hydrogens is 292 g/mol. The maximum absolute atomic E-state index is 11.9. The summed E-state index contributed by atoms with van der Waals surface area (Å²) in [5.74, 6) is -1.35. The van der Waals surface area contributed by atoms with Crippen LogP contribution in [0.4, 0.5) is 11.4 Å². The Morgan fingerprint density at radius 1 is 1.19 bits per heavy atom. The number of rotatable bonds is 4. The van der Waals surface area contributed by atoms with E-state index in [-0.39, 0.29) is 22.9 Å². The van der Waals surface area contributed by atoms with Crippen LogP contribution in [0.15, 0.2) is 42.5 Å². The molecule has 0 heterocycles. The third-order valence-electron chi connectivity index (χ3n) is 2.80. The van der Waals surface area contributed by atoms with E-state index in [0.29, 0.717) is 11.4 Å². The van der Waals surface area contributed by atoms with Crippen molar-refractivity contribution in [1.29, 1.82) is 0 Å². The summed E-state index contributed by atoms with van der Waals surface area (Å²) in [4.78, 5) is 22.8. The minimum Gasteiger partial charge on any atom is -0.478 e. The van der Waals surface area contributed by atoms with Crippen LogP contribution in [0.1, 0.15) is 15.9 Å². The van der Waals surface area contributed by atoms with Gasteiger partial charge >= 0.3 is 5.97 Å². The molecule has 0 aliphatic rings. The van der Waals surface area contributed by atoms with Gasteiger partial charge in [-0.05, 0) is 35.9 Å². The zero-order valence-electron chi connectivity index (χ0n) is 11.0. The molecule has 5 nitrogen and oxygen atoms in total. The van der Waals surface area contributed by atoms with Crippen LogP contribution < -0.4 is 11.1 Å². The van der Waals surface area contributed by atoms with Gasteiger partial charge in [-0.2, -0.15) is 0 Å². The van der Waals surface area contributed by atoms with Crippen LogP contribution in [0.25, 0.3) is 0 Å². The summed E-state index contributed by atoms with van der Waals surface area (Å²) in [5, 5.41) is 11.6. The first-order valence-electron chi connectivity index (χ1n) is 6.13. The second kappa shape index (κ2) is 6.28. The Bertz CT molecular complexity index is 701. The van der Waals surface area contributed by atoms with Gasteiger partial charge in [0.1, 0.15) is 0 Å². The van der Waals surface area contributed by atoms with Crippen LogP contribution in [0.5, 0.6) is 0 Å². The number of carboxylic acids is 1. The molecule has 0 spiro atoms. The number of nitrogens with one attached hydrogen (secondary N) is 1. The highest BCUT2D eigenvalue weighted by Crippen LogP contribution is 2.21.